The van der Waals surface area contributed by atoms with Crippen molar-refractivity contribution in [3.05, 3.63) is 53.3 Å². The summed E-state index contributed by atoms with van der Waals surface area (Å²) in [6.45, 7) is 3.54. The molecule has 0 unspecified atom stereocenters. The molecule has 0 aliphatic heterocycles. The van der Waals surface area contributed by atoms with E-state index in [4.69, 9.17) is 0 Å². The Kier molecular flexibility index (Phi) is 9.42. The van der Waals surface area contributed by atoms with E-state index in [1.807, 2.05) is 24.1 Å². The van der Waals surface area contributed by atoms with E-state index in [0.717, 1.165) is 12.3 Å². The van der Waals surface area contributed by atoms with Gasteiger partial charge in [-0.15, -0.1) is 24.0 Å². The Morgan fingerprint density at radius 3 is 2.54 bits per heavy atom. The zero-order chi connectivity index (χ0) is 19.9. The molecule has 0 atom stereocenters. The summed E-state index contributed by atoms with van der Waals surface area (Å²) in [5.41, 5.74) is 1.42. The van der Waals surface area contributed by atoms with Crippen LogP contribution in [0, 0.1) is 6.92 Å². The van der Waals surface area contributed by atoms with E-state index in [2.05, 4.69) is 44.7 Å². The van der Waals surface area contributed by atoms with Crippen LogP contribution in [0.3, 0.4) is 0 Å². The lowest BCUT2D eigenvalue weighted by atomic mass is 10.1. The second-order valence-corrected chi connectivity index (χ2v) is 5.95. The largest absolute Gasteiger partial charge is 0.433 e. The highest BCUT2D eigenvalue weighted by atomic mass is 127. The molecule has 154 valence electrons. The molecule has 0 aliphatic carbocycles. The first-order valence-electron chi connectivity index (χ1n) is 8.41. The number of hydrogen-bond acceptors (Lipinski definition) is 4. The topological polar surface area (TPSA) is 65.4 Å². The molecule has 0 fully saturated rings. The van der Waals surface area contributed by atoms with E-state index >= 15 is 0 Å². The van der Waals surface area contributed by atoms with Crippen LogP contribution in [-0.2, 0) is 12.7 Å². The Bertz CT molecular complexity index is 782. The van der Waals surface area contributed by atoms with E-state index in [9.17, 15) is 13.2 Å². The first-order valence-corrected chi connectivity index (χ1v) is 8.41. The summed E-state index contributed by atoms with van der Waals surface area (Å²) in [6, 6.07) is 8.94. The molecule has 28 heavy (non-hydrogen) atoms. The summed E-state index contributed by atoms with van der Waals surface area (Å²) in [4.78, 5) is 13.5. The SMILES string of the molecule is CN=C(NCCNc1nccc(C(F)(F)F)n1)N(C)Cc1ccccc1C.I. The number of anilines is 1. The first kappa shape index (κ1) is 23.9. The molecule has 6 nitrogen and oxygen atoms in total. The quantitative estimate of drug-likeness (QED) is 0.271. The van der Waals surface area contributed by atoms with Crippen LogP contribution >= 0.6 is 24.0 Å². The highest BCUT2D eigenvalue weighted by Crippen LogP contribution is 2.27. The van der Waals surface area contributed by atoms with Crippen LogP contribution in [-0.4, -0.2) is 48.0 Å². The van der Waals surface area contributed by atoms with E-state index < -0.39 is 11.9 Å². The number of rotatable bonds is 6. The molecule has 0 saturated heterocycles. The van der Waals surface area contributed by atoms with Gasteiger partial charge in [0.25, 0.3) is 0 Å². The Labute approximate surface area is 179 Å². The van der Waals surface area contributed by atoms with Crippen LogP contribution in [0.5, 0.6) is 0 Å². The van der Waals surface area contributed by atoms with Gasteiger partial charge in [-0.1, -0.05) is 24.3 Å². The maximum atomic E-state index is 12.7. The van der Waals surface area contributed by atoms with Crippen LogP contribution in [0.25, 0.3) is 0 Å². The van der Waals surface area contributed by atoms with Gasteiger partial charge in [-0.2, -0.15) is 13.2 Å². The highest BCUT2D eigenvalue weighted by Gasteiger charge is 2.32. The summed E-state index contributed by atoms with van der Waals surface area (Å²) in [5.74, 6) is 0.625. The number of aliphatic imine (C=N–C) groups is 1. The first-order chi connectivity index (χ1) is 12.8. The maximum absolute atomic E-state index is 12.7. The van der Waals surface area contributed by atoms with Crippen molar-refractivity contribution < 1.29 is 13.2 Å². The molecule has 1 aromatic carbocycles. The van der Waals surface area contributed by atoms with E-state index in [0.29, 0.717) is 25.6 Å². The third-order valence-corrected chi connectivity index (χ3v) is 3.88. The van der Waals surface area contributed by atoms with Gasteiger partial charge >= 0.3 is 6.18 Å². The third kappa shape index (κ3) is 7.13. The van der Waals surface area contributed by atoms with Crippen molar-refractivity contribution >= 4 is 35.9 Å². The minimum atomic E-state index is -4.49. The van der Waals surface area contributed by atoms with Gasteiger partial charge in [-0.05, 0) is 24.1 Å². The van der Waals surface area contributed by atoms with Crippen molar-refractivity contribution in [3.63, 3.8) is 0 Å². The molecule has 0 radical (unpaired) electrons. The van der Waals surface area contributed by atoms with Crippen LogP contribution in [0.15, 0.2) is 41.5 Å². The normalized spacial score (nSPS) is 11.6. The average molecular weight is 508 g/mol. The van der Waals surface area contributed by atoms with Crippen LogP contribution < -0.4 is 10.6 Å². The van der Waals surface area contributed by atoms with Gasteiger partial charge in [-0.3, -0.25) is 4.99 Å². The fraction of sp³-hybridized carbons (Fsp3) is 0.389. The van der Waals surface area contributed by atoms with E-state index in [-0.39, 0.29) is 29.9 Å². The van der Waals surface area contributed by atoms with Gasteiger partial charge in [0.1, 0.15) is 5.69 Å². The van der Waals surface area contributed by atoms with E-state index in [1.54, 1.807) is 7.05 Å². The zero-order valence-electron chi connectivity index (χ0n) is 15.9. The lowest BCUT2D eigenvalue weighted by Gasteiger charge is -2.23. The Morgan fingerprint density at radius 1 is 1.18 bits per heavy atom. The fourth-order valence-electron chi connectivity index (χ4n) is 2.45. The van der Waals surface area contributed by atoms with Crippen LogP contribution in [0.1, 0.15) is 16.8 Å². The van der Waals surface area contributed by atoms with Gasteiger partial charge in [0.05, 0.1) is 0 Å². The smallest absolute Gasteiger partial charge is 0.354 e. The molecule has 10 heteroatoms. The number of benzene rings is 1. The molecule has 2 rings (SSSR count). The van der Waals surface area contributed by atoms with Crippen LogP contribution in [0.4, 0.5) is 19.1 Å². The van der Waals surface area contributed by atoms with Crippen molar-refractivity contribution in [3.8, 4) is 0 Å². The summed E-state index contributed by atoms with van der Waals surface area (Å²) in [6.07, 6.45) is -3.40. The Hall–Kier alpha value is -2.11. The monoisotopic (exact) mass is 508 g/mol. The standard InChI is InChI=1S/C18H23F3N6.HI/c1-13-6-4-5-7-14(13)12-27(3)17(22-2)25-11-10-24-16-23-9-8-15(26-16)18(19,20)21;/h4-9H,10-12H2,1-3H3,(H,22,25)(H,23,24,26);1H. The minimum absolute atomic E-state index is 0. The average Bonchev–Trinajstić information content (AvgIpc) is 2.63. The molecule has 2 N–H and O–H groups in total. The number of hydrogen-bond donors (Lipinski definition) is 2. The zero-order valence-corrected chi connectivity index (χ0v) is 18.2. The molecular formula is C18H24F3IN6. The summed E-state index contributed by atoms with van der Waals surface area (Å²) in [7, 11) is 3.60. The Morgan fingerprint density at radius 2 is 1.89 bits per heavy atom. The van der Waals surface area contributed by atoms with Crippen molar-refractivity contribution in [2.45, 2.75) is 19.6 Å². The predicted molar refractivity (Wildman–Crippen MR) is 115 cm³/mol. The van der Waals surface area contributed by atoms with Gasteiger partial charge < -0.3 is 15.5 Å². The molecule has 0 amide bonds. The summed E-state index contributed by atoms with van der Waals surface area (Å²) < 4.78 is 38.0. The minimum Gasteiger partial charge on any atom is -0.354 e. The van der Waals surface area contributed by atoms with Crippen LogP contribution in [0.2, 0.25) is 0 Å². The van der Waals surface area contributed by atoms with Crippen molar-refractivity contribution in [2.24, 2.45) is 4.99 Å². The number of guanidine groups is 1. The molecule has 0 spiro atoms. The number of halogens is 4. The highest BCUT2D eigenvalue weighted by molar-refractivity contribution is 14.0. The van der Waals surface area contributed by atoms with Crippen molar-refractivity contribution in [1.29, 1.82) is 0 Å². The number of aryl methyl sites for hydroxylation is 1. The summed E-state index contributed by atoms with van der Waals surface area (Å²) >= 11 is 0. The van der Waals surface area contributed by atoms with Gasteiger partial charge in [0.2, 0.25) is 5.95 Å². The van der Waals surface area contributed by atoms with Crippen molar-refractivity contribution in [1.82, 2.24) is 20.2 Å². The second-order valence-electron chi connectivity index (χ2n) is 5.95. The number of nitrogens with one attached hydrogen (secondary N) is 2. The van der Waals surface area contributed by atoms with Gasteiger partial charge in [-0.25, -0.2) is 9.97 Å². The molecular weight excluding hydrogens is 484 g/mol. The lowest BCUT2D eigenvalue weighted by molar-refractivity contribution is -0.141. The molecule has 0 saturated carbocycles. The molecule has 0 aliphatic rings. The molecule has 1 heterocycles. The fourth-order valence-corrected chi connectivity index (χ4v) is 2.45. The molecule has 2 aromatic rings. The molecule has 0 bridgehead atoms. The summed E-state index contributed by atoms with van der Waals surface area (Å²) in [5, 5.41) is 5.94. The predicted octanol–water partition coefficient (Wildman–Crippen LogP) is 3.54. The maximum Gasteiger partial charge on any atom is 0.433 e. The van der Waals surface area contributed by atoms with Crippen molar-refractivity contribution in [2.75, 3.05) is 32.5 Å². The van der Waals surface area contributed by atoms with Gasteiger partial charge in [0, 0.05) is 39.9 Å². The molecule has 1 aromatic heterocycles. The number of nitrogens with zero attached hydrogens (tertiary/aromatic N) is 4. The lowest BCUT2D eigenvalue weighted by Crippen LogP contribution is -2.40. The van der Waals surface area contributed by atoms with E-state index in [1.165, 1.54) is 11.1 Å². The number of aromatic nitrogens is 2. The Balaban J connectivity index is 0.00000392. The third-order valence-electron chi connectivity index (χ3n) is 3.88. The number of alkyl halides is 3. The van der Waals surface area contributed by atoms with Gasteiger partial charge in [0.15, 0.2) is 5.96 Å². The second kappa shape index (κ2) is 11.0.